The van der Waals surface area contributed by atoms with E-state index in [1.165, 1.54) is 5.69 Å². The van der Waals surface area contributed by atoms with Crippen molar-refractivity contribution in [3.8, 4) is 0 Å². The van der Waals surface area contributed by atoms with Gasteiger partial charge in [0.1, 0.15) is 0 Å². The van der Waals surface area contributed by atoms with Gasteiger partial charge in [0.2, 0.25) is 0 Å². The van der Waals surface area contributed by atoms with E-state index in [2.05, 4.69) is 28.2 Å². The number of hydrogen-bond acceptors (Lipinski definition) is 4. The zero-order valence-corrected chi connectivity index (χ0v) is 10.2. The summed E-state index contributed by atoms with van der Waals surface area (Å²) < 4.78 is 5.64. The van der Waals surface area contributed by atoms with E-state index in [0.717, 1.165) is 38.4 Å². The highest BCUT2D eigenvalue weighted by Gasteiger charge is 2.35. The molecule has 2 atom stereocenters. The Morgan fingerprint density at radius 1 is 1.53 bits per heavy atom. The van der Waals surface area contributed by atoms with Gasteiger partial charge in [-0.25, -0.2) is 0 Å². The third-order valence-corrected chi connectivity index (χ3v) is 3.69. The molecule has 3 rings (SSSR count). The lowest BCUT2D eigenvalue weighted by Crippen LogP contribution is -2.41. The number of nitrogens with one attached hydrogen (secondary N) is 1. The maximum Gasteiger partial charge on any atom is 0.0764 e. The standard InChI is InChI=1S/C13H19N3O/c1-2-5-16-12-3-4-14-7-11(12)15-6-10-8-17-9-13(10)16/h3-4,7,10,13,15H,2,5-6,8-9H2,1H3. The van der Waals surface area contributed by atoms with Crippen molar-refractivity contribution in [2.75, 3.05) is 36.5 Å². The van der Waals surface area contributed by atoms with Gasteiger partial charge in [0, 0.05) is 25.2 Å². The molecule has 4 heteroatoms. The minimum atomic E-state index is 0.520. The molecule has 1 saturated heterocycles. The Labute approximate surface area is 102 Å². The second-order valence-corrected chi connectivity index (χ2v) is 4.83. The van der Waals surface area contributed by atoms with E-state index in [0.29, 0.717) is 12.0 Å². The van der Waals surface area contributed by atoms with Crippen molar-refractivity contribution in [3.63, 3.8) is 0 Å². The van der Waals surface area contributed by atoms with Gasteiger partial charge in [-0.15, -0.1) is 0 Å². The normalized spacial score (nSPS) is 27.0. The van der Waals surface area contributed by atoms with Crippen LogP contribution in [0.2, 0.25) is 0 Å². The van der Waals surface area contributed by atoms with Gasteiger partial charge in [-0.1, -0.05) is 6.92 Å². The van der Waals surface area contributed by atoms with E-state index in [-0.39, 0.29) is 0 Å². The lowest BCUT2D eigenvalue weighted by Gasteiger charge is -2.31. The van der Waals surface area contributed by atoms with Crippen molar-refractivity contribution >= 4 is 11.4 Å². The van der Waals surface area contributed by atoms with E-state index in [4.69, 9.17) is 4.74 Å². The summed E-state index contributed by atoms with van der Waals surface area (Å²) in [7, 11) is 0. The fourth-order valence-electron chi connectivity index (χ4n) is 2.85. The van der Waals surface area contributed by atoms with Gasteiger partial charge in [0.05, 0.1) is 36.8 Å². The third kappa shape index (κ3) is 1.86. The number of fused-ring (bicyclic) bond motifs is 2. The molecule has 3 heterocycles. The molecule has 2 unspecified atom stereocenters. The van der Waals surface area contributed by atoms with Crippen molar-refractivity contribution in [1.29, 1.82) is 0 Å². The summed E-state index contributed by atoms with van der Waals surface area (Å²) in [4.78, 5) is 6.70. The molecule has 1 aromatic rings. The third-order valence-electron chi connectivity index (χ3n) is 3.69. The molecule has 0 spiro atoms. The number of nitrogens with zero attached hydrogens (tertiary/aromatic N) is 2. The molecular weight excluding hydrogens is 214 g/mol. The smallest absolute Gasteiger partial charge is 0.0764 e. The summed E-state index contributed by atoms with van der Waals surface area (Å²) >= 11 is 0. The first-order valence-corrected chi connectivity index (χ1v) is 6.42. The number of ether oxygens (including phenoxy) is 1. The van der Waals surface area contributed by atoms with Crippen molar-refractivity contribution in [3.05, 3.63) is 18.5 Å². The molecule has 0 radical (unpaired) electrons. The SMILES string of the molecule is CCCN1c2ccncc2NCC2COCC21. The first-order chi connectivity index (χ1) is 8.40. The van der Waals surface area contributed by atoms with Crippen molar-refractivity contribution in [2.45, 2.75) is 19.4 Å². The summed E-state index contributed by atoms with van der Waals surface area (Å²) in [6, 6.07) is 2.63. The molecule has 92 valence electrons. The van der Waals surface area contributed by atoms with Gasteiger partial charge < -0.3 is 15.0 Å². The van der Waals surface area contributed by atoms with E-state index >= 15 is 0 Å². The molecule has 1 aromatic heterocycles. The fraction of sp³-hybridized carbons (Fsp3) is 0.615. The quantitative estimate of drug-likeness (QED) is 0.844. The number of hydrogen-bond donors (Lipinski definition) is 1. The second-order valence-electron chi connectivity index (χ2n) is 4.83. The van der Waals surface area contributed by atoms with E-state index < -0.39 is 0 Å². The topological polar surface area (TPSA) is 37.4 Å². The number of pyridine rings is 1. The van der Waals surface area contributed by atoms with Gasteiger partial charge >= 0.3 is 0 Å². The predicted octanol–water partition coefficient (Wildman–Crippen LogP) is 1.74. The van der Waals surface area contributed by atoms with E-state index in [1.807, 2.05) is 12.4 Å². The highest BCUT2D eigenvalue weighted by atomic mass is 16.5. The Hall–Kier alpha value is -1.29. The Bertz CT molecular complexity index is 396. The minimum absolute atomic E-state index is 0.520. The molecule has 0 saturated carbocycles. The summed E-state index contributed by atoms with van der Waals surface area (Å²) in [5, 5.41) is 3.50. The van der Waals surface area contributed by atoms with Gasteiger partial charge in [-0.3, -0.25) is 4.98 Å². The van der Waals surface area contributed by atoms with E-state index in [9.17, 15) is 0 Å². The Morgan fingerprint density at radius 3 is 3.35 bits per heavy atom. The van der Waals surface area contributed by atoms with Crippen LogP contribution in [-0.4, -0.2) is 37.3 Å². The first kappa shape index (κ1) is 10.8. The lowest BCUT2D eigenvalue weighted by atomic mass is 10.0. The summed E-state index contributed by atoms with van der Waals surface area (Å²) in [6.07, 6.45) is 4.96. The zero-order chi connectivity index (χ0) is 11.7. The van der Waals surface area contributed by atoms with Gasteiger partial charge in [0.15, 0.2) is 0 Å². The monoisotopic (exact) mass is 233 g/mol. The van der Waals surface area contributed by atoms with Gasteiger partial charge in [0.25, 0.3) is 0 Å². The van der Waals surface area contributed by atoms with Gasteiger partial charge in [-0.05, 0) is 12.5 Å². The van der Waals surface area contributed by atoms with Crippen LogP contribution in [0.3, 0.4) is 0 Å². The largest absolute Gasteiger partial charge is 0.382 e. The van der Waals surface area contributed by atoms with Crippen LogP contribution in [0.25, 0.3) is 0 Å². The molecule has 1 N–H and O–H groups in total. The van der Waals surface area contributed by atoms with Crippen LogP contribution in [0.4, 0.5) is 11.4 Å². The summed E-state index contributed by atoms with van der Waals surface area (Å²) in [5.74, 6) is 0.592. The predicted molar refractivity (Wildman–Crippen MR) is 68.5 cm³/mol. The van der Waals surface area contributed by atoms with Crippen LogP contribution in [-0.2, 0) is 4.74 Å². The second kappa shape index (κ2) is 4.53. The first-order valence-electron chi connectivity index (χ1n) is 6.42. The molecular formula is C13H19N3O. The van der Waals surface area contributed by atoms with Crippen molar-refractivity contribution in [1.82, 2.24) is 4.98 Å². The fourth-order valence-corrected chi connectivity index (χ4v) is 2.85. The lowest BCUT2D eigenvalue weighted by molar-refractivity contribution is 0.185. The number of aromatic nitrogens is 1. The van der Waals surface area contributed by atoms with Crippen LogP contribution in [0.15, 0.2) is 18.5 Å². The number of anilines is 2. The molecule has 2 aliphatic rings. The number of rotatable bonds is 2. The van der Waals surface area contributed by atoms with Crippen LogP contribution in [0.5, 0.6) is 0 Å². The Morgan fingerprint density at radius 2 is 2.47 bits per heavy atom. The van der Waals surface area contributed by atoms with Gasteiger partial charge in [-0.2, -0.15) is 0 Å². The van der Waals surface area contributed by atoms with Crippen LogP contribution in [0.1, 0.15) is 13.3 Å². The zero-order valence-electron chi connectivity index (χ0n) is 10.2. The minimum Gasteiger partial charge on any atom is -0.382 e. The Kier molecular flexibility index (Phi) is 2.89. The van der Waals surface area contributed by atoms with Crippen LogP contribution >= 0.6 is 0 Å². The Balaban J connectivity index is 1.98. The molecule has 0 bridgehead atoms. The highest BCUT2D eigenvalue weighted by Crippen LogP contribution is 2.34. The average Bonchev–Trinajstić information content (AvgIpc) is 2.77. The van der Waals surface area contributed by atoms with E-state index in [1.54, 1.807) is 0 Å². The maximum atomic E-state index is 5.64. The summed E-state index contributed by atoms with van der Waals surface area (Å²) in [5.41, 5.74) is 2.44. The molecule has 4 nitrogen and oxygen atoms in total. The molecule has 0 aliphatic carbocycles. The van der Waals surface area contributed by atoms with Crippen LogP contribution < -0.4 is 10.2 Å². The molecule has 17 heavy (non-hydrogen) atoms. The summed E-state index contributed by atoms with van der Waals surface area (Å²) in [6.45, 7) is 6.03. The van der Waals surface area contributed by atoms with Crippen molar-refractivity contribution < 1.29 is 4.74 Å². The highest BCUT2D eigenvalue weighted by molar-refractivity contribution is 5.70. The molecule has 2 aliphatic heterocycles. The van der Waals surface area contributed by atoms with Crippen LogP contribution in [0, 0.1) is 5.92 Å². The molecule has 0 aromatic carbocycles. The van der Waals surface area contributed by atoms with Crippen molar-refractivity contribution in [2.24, 2.45) is 5.92 Å². The molecule has 0 amide bonds. The average molecular weight is 233 g/mol. The molecule has 1 fully saturated rings. The maximum absolute atomic E-state index is 5.64.